The highest BCUT2D eigenvalue weighted by molar-refractivity contribution is 5.69. The number of hydrogen-bond acceptors (Lipinski definition) is 2. The third-order valence-corrected chi connectivity index (χ3v) is 3.56. The van der Waals surface area contributed by atoms with E-state index in [0.29, 0.717) is 6.10 Å². The molecule has 0 atom stereocenters. The fourth-order valence-corrected chi connectivity index (χ4v) is 2.15. The molecule has 1 aromatic carbocycles. The molecule has 0 amide bonds. The van der Waals surface area contributed by atoms with Gasteiger partial charge in [-0.1, -0.05) is 26.0 Å². The second-order valence-corrected chi connectivity index (χ2v) is 5.65. The average molecular weight is 248 g/mol. The van der Waals surface area contributed by atoms with Crippen LogP contribution in [0.4, 0.5) is 0 Å². The van der Waals surface area contributed by atoms with Crippen molar-refractivity contribution in [1.29, 1.82) is 0 Å². The summed E-state index contributed by atoms with van der Waals surface area (Å²) in [5, 5.41) is 8.94. The zero-order valence-corrected chi connectivity index (χ0v) is 11.0. The molecule has 2 rings (SSSR count). The lowest BCUT2D eigenvalue weighted by atomic mass is 9.81. The standard InChI is InChI=1S/C15H20O3/c1-15(2,10-14(16)17)11-5-3-8-13(9-11)18-12-6-4-7-12/h3,5,8-9,12H,4,6-7,10H2,1-2H3,(H,16,17). The van der Waals surface area contributed by atoms with Crippen LogP contribution in [0.3, 0.4) is 0 Å². The third kappa shape index (κ3) is 3.03. The second kappa shape index (κ2) is 5.01. The van der Waals surface area contributed by atoms with E-state index in [1.54, 1.807) is 0 Å². The van der Waals surface area contributed by atoms with E-state index >= 15 is 0 Å². The maximum absolute atomic E-state index is 10.9. The summed E-state index contributed by atoms with van der Waals surface area (Å²) in [5.74, 6) is 0.0842. The van der Waals surface area contributed by atoms with E-state index in [4.69, 9.17) is 9.84 Å². The molecule has 1 fully saturated rings. The largest absolute Gasteiger partial charge is 0.490 e. The molecule has 18 heavy (non-hydrogen) atoms. The molecule has 0 aromatic heterocycles. The van der Waals surface area contributed by atoms with Crippen LogP contribution < -0.4 is 4.74 Å². The molecule has 1 aromatic rings. The van der Waals surface area contributed by atoms with E-state index in [9.17, 15) is 4.79 Å². The van der Waals surface area contributed by atoms with Gasteiger partial charge in [0.15, 0.2) is 0 Å². The molecule has 0 spiro atoms. The number of carboxylic acid groups (broad SMARTS) is 1. The molecule has 0 bridgehead atoms. The molecule has 0 unspecified atom stereocenters. The van der Waals surface area contributed by atoms with Gasteiger partial charge in [0.1, 0.15) is 5.75 Å². The lowest BCUT2D eigenvalue weighted by Crippen LogP contribution is -2.25. The first-order valence-corrected chi connectivity index (χ1v) is 6.46. The van der Waals surface area contributed by atoms with Crippen LogP contribution in [0.1, 0.15) is 45.1 Å². The van der Waals surface area contributed by atoms with Crippen molar-refractivity contribution in [2.24, 2.45) is 0 Å². The Hall–Kier alpha value is -1.51. The summed E-state index contributed by atoms with van der Waals surface area (Å²) >= 11 is 0. The van der Waals surface area contributed by atoms with E-state index in [1.807, 2.05) is 38.1 Å². The lowest BCUT2D eigenvalue weighted by molar-refractivity contribution is -0.138. The minimum Gasteiger partial charge on any atom is -0.490 e. The Kier molecular flexibility index (Phi) is 3.60. The molecule has 3 nitrogen and oxygen atoms in total. The summed E-state index contributed by atoms with van der Waals surface area (Å²) in [5.41, 5.74) is 0.645. The molecule has 0 saturated heterocycles. The molecule has 1 aliphatic rings. The Labute approximate surface area is 108 Å². The molecule has 98 valence electrons. The van der Waals surface area contributed by atoms with Crippen LogP contribution in [-0.2, 0) is 10.2 Å². The predicted molar refractivity (Wildman–Crippen MR) is 70.0 cm³/mol. The fraction of sp³-hybridized carbons (Fsp3) is 0.533. The van der Waals surface area contributed by atoms with Crippen molar-refractivity contribution in [2.75, 3.05) is 0 Å². The number of carboxylic acids is 1. The van der Waals surface area contributed by atoms with Gasteiger partial charge in [-0.15, -0.1) is 0 Å². The highest BCUT2D eigenvalue weighted by atomic mass is 16.5. The van der Waals surface area contributed by atoms with Crippen LogP contribution in [0, 0.1) is 0 Å². The summed E-state index contributed by atoms with van der Waals surface area (Å²) in [6, 6.07) is 7.82. The van der Waals surface area contributed by atoms with Gasteiger partial charge in [0.05, 0.1) is 12.5 Å². The Morgan fingerprint density at radius 3 is 2.72 bits per heavy atom. The summed E-state index contributed by atoms with van der Waals surface area (Å²) in [7, 11) is 0. The van der Waals surface area contributed by atoms with Crippen molar-refractivity contribution < 1.29 is 14.6 Å². The summed E-state index contributed by atoms with van der Waals surface area (Å²) < 4.78 is 5.84. The number of hydrogen-bond donors (Lipinski definition) is 1. The van der Waals surface area contributed by atoms with E-state index < -0.39 is 5.97 Å². The maximum atomic E-state index is 10.9. The monoisotopic (exact) mass is 248 g/mol. The summed E-state index contributed by atoms with van der Waals surface area (Å²) in [6.45, 7) is 3.90. The Balaban J connectivity index is 2.12. The van der Waals surface area contributed by atoms with E-state index in [1.165, 1.54) is 6.42 Å². The lowest BCUT2D eigenvalue weighted by Gasteiger charge is -2.28. The van der Waals surface area contributed by atoms with Crippen LogP contribution in [0.15, 0.2) is 24.3 Å². The minimum absolute atomic E-state index is 0.125. The number of rotatable bonds is 5. The van der Waals surface area contributed by atoms with Crippen molar-refractivity contribution >= 4 is 5.97 Å². The molecular formula is C15H20O3. The van der Waals surface area contributed by atoms with Gasteiger partial charge in [0, 0.05) is 5.41 Å². The van der Waals surface area contributed by atoms with Crippen LogP contribution in [0.5, 0.6) is 5.75 Å². The van der Waals surface area contributed by atoms with Gasteiger partial charge in [-0.25, -0.2) is 0 Å². The number of benzene rings is 1. The molecule has 0 aliphatic heterocycles. The van der Waals surface area contributed by atoms with Gasteiger partial charge in [-0.2, -0.15) is 0 Å². The second-order valence-electron chi connectivity index (χ2n) is 5.65. The Morgan fingerprint density at radius 2 is 2.17 bits per heavy atom. The van der Waals surface area contributed by atoms with Crippen molar-refractivity contribution in [3.05, 3.63) is 29.8 Å². The van der Waals surface area contributed by atoms with Crippen LogP contribution in [0.2, 0.25) is 0 Å². The van der Waals surface area contributed by atoms with Crippen molar-refractivity contribution in [1.82, 2.24) is 0 Å². The minimum atomic E-state index is -0.773. The number of carbonyl (C=O) groups is 1. The average Bonchev–Trinajstić information content (AvgIpc) is 2.22. The quantitative estimate of drug-likeness (QED) is 0.869. The van der Waals surface area contributed by atoms with Crippen molar-refractivity contribution in [3.63, 3.8) is 0 Å². The maximum Gasteiger partial charge on any atom is 0.304 e. The van der Waals surface area contributed by atoms with Crippen LogP contribution >= 0.6 is 0 Å². The SMILES string of the molecule is CC(C)(CC(=O)O)c1cccc(OC2CCC2)c1. The summed E-state index contributed by atoms with van der Waals surface area (Å²) in [4.78, 5) is 10.9. The van der Waals surface area contributed by atoms with Gasteiger partial charge in [0.25, 0.3) is 0 Å². The normalized spacial score (nSPS) is 16.1. The van der Waals surface area contributed by atoms with E-state index in [0.717, 1.165) is 24.2 Å². The zero-order valence-electron chi connectivity index (χ0n) is 11.0. The van der Waals surface area contributed by atoms with Crippen LogP contribution in [0.25, 0.3) is 0 Å². The molecule has 0 heterocycles. The highest BCUT2D eigenvalue weighted by Crippen LogP contribution is 2.31. The predicted octanol–water partition coefficient (Wildman–Crippen LogP) is 3.37. The first-order valence-electron chi connectivity index (χ1n) is 6.46. The molecule has 3 heteroatoms. The zero-order chi connectivity index (χ0) is 13.2. The molecular weight excluding hydrogens is 228 g/mol. The molecule has 0 radical (unpaired) electrons. The van der Waals surface area contributed by atoms with Gasteiger partial charge >= 0.3 is 5.97 Å². The Bertz CT molecular complexity index is 433. The van der Waals surface area contributed by atoms with Gasteiger partial charge in [-0.05, 0) is 37.0 Å². The van der Waals surface area contributed by atoms with Gasteiger partial charge in [0.2, 0.25) is 0 Å². The van der Waals surface area contributed by atoms with Crippen molar-refractivity contribution in [3.8, 4) is 5.75 Å². The van der Waals surface area contributed by atoms with E-state index in [2.05, 4.69) is 0 Å². The molecule has 1 N–H and O–H groups in total. The number of aliphatic carboxylic acids is 1. The van der Waals surface area contributed by atoms with Gasteiger partial charge in [-0.3, -0.25) is 4.79 Å². The third-order valence-electron chi connectivity index (χ3n) is 3.56. The summed E-state index contributed by atoms with van der Waals surface area (Å²) in [6.07, 6.45) is 3.98. The van der Waals surface area contributed by atoms with Crippen LogP contribution in [-0.4, -0.2) is 17.2 Å². The fourth-order valence-electron chi connectivity index (χ4n) is 2.15. The topological polar surface area (TPSA) is 46.5 Å². The number of ether oxygens (including phenoxy) is 1. The molecule has 1 aliphatic carbocycles. The first-order chi connectivity index (χ1) is 8.47. The highest BCUT2D eigenvalue weighted by Gasteiger charge is 2.25. The van der Waals surface area contributed by atoms with Gasteiger partial charge < -0.3 is 9.84 Å². The van der Waals surface area contributed by atoms with Crippen molar-refractivity contribution in [2.45, 2.75) is 51.0 Å². The Morgan fingerprint density at radius 1 is 1.44 bits per heavy atom. The smallest absolute Gasteiger partial charge is 0.304 e. The molecule has 1 saturated carbocycles. The first kappa shape index (κ1) is 12.9. The van der Waals surface area contributed by atoms with E-state index in [-0.39, 0.29) is 11.8 Å².